The zero-order valence-corrected chi connectivity index (χ0v) is 18.2. The van der Waals surface area contributed by atoms with E-state index >= 15 is 0 Å². The van der Waals surface area contributed by atoms with E-state index in [4.69, 9.17) is 16.3 Å². The third kappa shape index (κ3) is 5.03. The van der Waals surface area contributed by atoms with Gasteiger partial charge in [0.25, 0.3) is 11.8 Å². The van der Waals surface area contributed by atoms with Gasteiger partial charge in [0.05, 0.1) is 23.2 Å². The van der Waals surface area contributed by atoms with Crippen molar-refractivity contribution in [1.29, 1.82) is 0 Å². The summed E-state index contributed by atoms with van der Waals surface area (Å²) >= 11 is 5.98. The van der Waals surface area contributed by atoms with Gasteiger partial charge in [0.2, 0.25) is 5.88 Å². The number of carbonyl (C=O) groups excluding carboxylic acids is 2. The molecule has 0 atom stereocenters. The van der Waals surface area contributed by atoms with E-state index in [-0.39, 0.29) is 34.6 Å². The van der Waals surface area contributed by atoms with Crippen LogP contribution in [0.5, 0.6) is 11.6 Å². The molecule has 2 amide bonds. The Morgan fingerprint density at radius 3 is 2.65 bits per heavy atom. The van der Waals surface area contributed by atoms with Crippen molar-refractivity contribution in [3.8, 4) is 11.6 Å². The highest BCUT2D eigenvalue weighted by molar-refractivity contribution is 6.33. The second-order valence-corrected chi connectivity index (χ2v) is 7.72. The number of aromatic hydroxyl groups is 1. The summed E-state index contributed by atoms with van der Waals surface area (Å²) in [6, 6.07) is 11.8. The van der Waals surface area contributed by atoms with Gasteiger partial charge in [-0.15, -0.1) is 10.2 Å². The maximum absolute atomic E-state index is 12.2. The number of hydrogen-bond acceptors (Lipinski definition) is 5. The van der Waals surface area contributed by atoms with E-state index in [1.807, 2.05) is 19.9 Å². The SMILES string of the molecule is COc1ccc2c(c1)c(N=NC(=O)CNC(=O)c1ccccc1Cl)c(O)n2CC(C)C. The summed E-state index contributed by atoms with van der Waals surface area (Å²) in [6.07, 6.45) is 0. The van der Waals surface area contributed by atoms with Gasteiger partial charge < -0.3 is 19.7 Å². The zero-order valence-electron chi connectivity index (χ0n) is 17.4. The summed E-state index contributed by atoms with van der Waals surface area (Å²) in [7, 11) is 1.54. The summed E-state index contributed by atoms with van der Waals surface area (Å²) in [6.45, 7) is 4.26. The molecule has 8 nitrogen and oxygen atoms in total. The zero-order chi connectivity index (χ0) is 22.5. The molecule has 162 valence electrons. The van der Waals surface area contributed by atoms with Gasteiger partial charge in [0.15, 0.2) is 5.69 Å². The van der Waals surface area contributed by atoms with Gasteiger partial charge in [-0.2, -0.15) is 0 Å². The fourth-order valence-corrected chi connectivity index (χ4v) is 3.34. The number of carbonyl (C=O) groups is 2. The van der Waals surface area contributed by atoms with E-state index in [0.29, 0.717) is 17.7 Å². The molecule has 0 radical (unpaired) electrons. The number of hydrogen-bond donors (Lipinski definition) is 2. The lowest BCUT2D eigenvalue weighted by Crippen LogP contribution is -2.28. The summed E-state index contributed by atoms with van der Waals surface area (Å²) < 4.78 is 6.98. The van der Waals surface area contributed by atoms with Crippen molar-refractivity contribution < 1.29 is 19.4 Å². The Balaban J connectivity index is 1.81. The van der Waals surface area contributed by atoms with E-state index in [9.17, 15) is 14.7 Å². The molecule has 1 heterocycles. The first-order valence-corrected chi connectivity index (χ1v) is 10.1. The van der Waals surface area contributed by atoms with Crippen LogP contribution in [0.4, 0.5) is 5.69 Å². The molecule has 3 aromatic rings. The van der Waals surface area contributed by atoms with E-state index in [1.54, 1.807) is 48.1 Å². The molecule has 9 heteroatoms. The maximum Gasteiger partial charge on any atom is 0.283 e. The molecule has 0 fully saturated rings. The molecular formula is C22H23ClN4O4. The van der Waals surface area contributed by atoms with Crippen LogP contribution in [-0.4, -0.2) is 35.1 Å². The predicted octanol–water partition coefficient (Wildman–Crippen LogP) is 4.71. The molecule has 0 aliphatic carbocycles. The minimum atomic E-state index is -0.674. The smallest absolute Gasteiger partial charge is 0.283 e. The summed E-state index contributed by atoms with van der Waals surface area (Å²) in [5, 5.41) is 21.7. The van der Waals surface area contributed by atoms with E-state index in [2.05, 4.69) is 15.5 Å². The average molecular weight is 443 g/mol. The molecule has 0 spiro atoms. The van der Waals surface area contributed by atoms with E-state index < -0.39 is 11.8 Å². The van der Waals surface area contributed by atoms with Crippen LogP contribution in [0.15, 0.2) is 52.7 Å². The van der Waals surface area contributed by atoms with Gasteiger partial charge in [0.1, 0.15) is 12.3 Å². The number of rotatable bonds is 7. The molecule has 0 bridgehead atoms. The topological polar surface area (TPSA) is 105 Å². The van der Waals surface area contributed by atoms with Crippen LogP contribution in [-0.2, 0) is 11.3 Å². The third-order valence-electron chi connectivity index (χ3n) is 4.55. The molecular weight excluding hydrogens is 420 g/mol. The van der Waals surface area contributed by atoms with Gasteiger partial charge in [-0.1, -0.05) is 37.6 Å². The van der Waals surface area contributed by atoms with Gasteiger partial charge in [-0.05, 0) is 36.2 Å². The molecule has 0 aliphatic rings. The predicted molar refractivity (Wildman–Crippen MR) is 118 cm³/mol. The highest BCUT2D eigenvalue weighted by Gasteiger charge is 2.19. The first-order chi connectivity index (χ1) is 14.8. The first kappa shape index (κ1) is 22.3. The Kier molecular flexibility index (Phi) is 6.91. The van der Waals surface area contributed by atoms with E-state index in [0.717, 1.165) is 5.52 Å². The number of fused-ring (bicyclic) bond motifs is 1. The molecule has 3 rings (SSSR count). The second-order valence-electron chi connectivity index (χ2n) is 7.32. The molecule has 0 unspecified atom stereocenters. The van der Waals surface area contributed by atoms with Crippen LogP contribution in [0.3, 0.4) is 0 Å². The molecule has 0 saturated heterocycles. The van der Waals surface area contributed by atoms with Crippen LogP contribution in [0, 0.1) is 5.92 Å². The summed E-state index contributed by atoms with van der Waals surface area (Å²) in [5.41, 5.74) is 1.18. The number of halogens is 1. The summed E-state index contributed by atoms with van der Waals surface area (Å²) in [5.74, 6) is -0.393. The number of amides is 2. The van der Waals surface area contributed by atoms with Crippen LogP contribution < -0.4 is 10.1 Å². The molecule has 0 aliphatic heterocycles. The number of nitrogens with one attached hydrogen (secondary N) is 1. The second kappa shape index (κ2) is 9.61. The number of aromatic nitrogens is 1. The lowest BCUT2D eigenvalue weighted by Gasteiger charge is -2.09. The Bertz CT molecular complexity index is 1150. The average Bonchev–Trinajstić information content (AvgIpc) is 3.00. The Hall–Kier alpha value is -3.39. The minimum Gasteiger partial charge on any atom is -0.497 e. The normalized spacial score (nSPS) is 11.4. The Labute approximate surface area is 184 Å². The maximum atomic E-state index is 12.2. The molecule has 2 N–H and O–H groups in total. The Morgan fingerprint density at radius 1 is 1.23 bits per heavy atom. The molecule has 31 heavy (non-hydrogen) atoms. The van der Waals surface area contributed by atoms with Crippen LogP contribution in [0.1, 0.15) is 24.2 Å². The van der Waals surface area contributed by atoms with Crippen LogP contribution >= 0.6 is 11.6 Å². The fourth-order valence-electron chi connectivity index (χ4n) is 3.12. The standard InChI is InChI=1S/C22H23ClN4O4/c1-13(2)12-27-18-9-8-14(31-3)10-16(18)20(22(27)30)26-25-19(28)11-24-21(29)15-6-4-5-7-17(15)23/h4-10,13,30H,11-12H2,1-3H3,(H,24,29). The lowest BCUT2D eigenvalue weighted by molar-refractivity contribution is -0.117. The first-order valence-electron chi connectivity index (χ1n) is 9.68. The van der Waals surface area contributed by atoms with Gasteiger partial charge in [0, 0.05) is 11.9 Å². The van der Waals surface area contributed by atoms with Crippen LogP contribution in [0.2, 0.25) is 5.02 Å². The number of ether oxygens (including phenoxy) is 1. The third-order valence-corrected chi connectivity index (χ3v) is 4.87. The van der Waals surface area contributed by atoms with Crippen molar-refractivity contribution in [1.82, 2.24) is 9.88 Å². The van der Waals surface area contributed by atoms with Crippen molar-refractivity contribution in [3.05, 3.63) is 53.1 Å². The van der Waals surface area contributed by atoms with Crippen LogP contribution in [0.25, 0.3) is 10.9 Å². The monoisotopic (exact) mass is 442 g/mol. The fraction of sp³-hybridized carbons (Fsp3) is 0.273. The van der Waals surface area contributed by atoms with Crippen molar-refractivity contribution in [2.45, 2.75) is 20.4 Å². The quantitative estimate of drug-likeness (QED) is 0.517. The minimum absolute atomic E-state index is 0.0893. The van der Waals surface area contributed by atoms with Gasteiger partial charge in [-0.3, -0.25) is 9.59 Å². The van der Waals surface area contributed by atoms with Crippen molar-refractivity contribution in [3.63, 3.8) is 0 Å². The van der Waals surface area contributed by atoms with Gasteiger partial charge in [-0.25, -0.2) is 0 Å². The largest absolute Gasteiger partial charge is 0.497 e. The molecule has 0 saturated carbocycles. The number of azo groups is 1. The van der Waals surface area contributed by atoms with Crippen molar-refractivity contribution >= 4 is 40.0 Å². The molecule has 1 aromatic heterocycles. The van der Waals surface area contributed by atoms with Gasteiger partial charge >= 0.3 is 0 Å². The Morgan fingerprint density at radius 2 is 1.97 bits per heavy atom. The summed E-state index contributed by atoms with van der Waals surface area (Å²) in [4.78, 5) is 24.3. The number of methoxy groups -OCH3 is 1. The number of benzene rings is 2. The highest BCUT2D eigenvalue weighted by atomic mass is 35.5. The molecule has 2 aromatic carbocycles. The van der Waals surface area contributed by atoms with Crippen molar-refractivity contribution in [2.75, 3.05) is 13.7 Å². The number of nitrogens with zero attached hydrogens (tertiary/aromatic N) is 3. The van der Waals surface area contributed by atoms with Crippen molar-refractivity contribution in [2.24, 2.45) is 16.1 Å². The lowest BCUT2D eigenvalue weighted by atomic mass is 10.2. The van der Waals surface area contributed by atoms with E-state index in [1.165, 1.54) is 0 Å². The highest BCUT2D eigenvalue weighted by Crippen LogP contribution is 2.40.